The average molecular weight is 350 g/mol. The summed E-state index contributed by atoms with van der Waals surface area (Å²) in [7, 11) is 0. The first-order chi connectivity index (χ1) is 12.1. The summed E-state index contributed by atoms with van der Waals surface area (Å²) in [5, 5.41) is 0. The topological polar surface area (TPSA) is 35.5 Å². The molecule has 0 atom stereocenters. The number of ketones is 1. The average Bonchev–Trinajstić information content (AvgIpc) is 2.74. The lowest BCUT2D eigenvalue weighted by Crippen LogP contribution is -2.30. The second-order valence-electron chi connectivity index (χ2n) is 8.70. The third-order valence-corrected chi connectivity index (χ3v) is 5.55. The van der Waals surface area contributed by atoms with Crippen LogP contribution in [0.25, 0.3) is 6.08 Å². The first-order valence-electron chi connectivity index (χ1n) is 9.33. The van der Waals surface area contributed by atoms with Gasteiger partial charge in [0.25, 0.3) is 0 Å². The van der Waals surface area contributed by atoms with E-state index in [9.17, 15) is 4.79 Å². The minimum absolute atomic E-state index is 0.153. The zero-order valence-corrected chi connectivity index (χ0v) is 16.4. The maximum atomic E-state index is 12.4. The highest BCUT2D eigenvalue weighted by Gasteiger charge is 2.39. The summed E-state index contributed by atoms with van der Waals surface area (Å²) in [6.07, 6.45) is 8.77. The standard InChI is InChI=1S/C23H26O3/c1-13(2)16-11-14-7-9-18-15(8-10-19(24)22(18,3)4)12-17(14)21-20(16)25-23(5,6)26-21/h8-13H,7H2,1-6H3. The maximum absolute atomic E-state index is 12.4. The normalized spacial score (nSPS) is 21.7. The molecular weight excluding hydrogens is 324 g/mol. The third-order valence-electron chi connectivity index (χ3n) is 5.55. The highest BCUT2D eigenvalue weighted by molar-refractivity contribution is 6.01. The van der Waals surface area contributed by atoms with Crippen LogP contribution in [0.2, 0.25) is 0 Å². The Balaban J connectivity index is 1.95. The molecule has 0 bridgehead atoms. The summed E-state index contributed by atoms with van der Waals surface area (Å²) in [5.41, 5.74) is 5.16. The van der Waals surface area contributed by atoms with E-state index in [0.717, 1.165) is 34.6 Å². The van der Waals surface area contributed by atoms with Crippen molar-refractivity contribution in [3.63, 3.8) is 0 Å². The largest absolute Gasteiger partial charge is 0.449 e. The summed E-state index contributed by atoms with van der Waals surface area (Å²) in [4.78, 5) is 12.4. The van der Waals surface area contributed by atoms with Gasteiger partial charge in [-0.3, -0.25) is 4.79 Å². The van der Waals surface area contributed by atoms with E-state index in [2.05, 4.69) is 32.1 Å². The Morgan fingerprint density at radius 1 is 1.04 bits per heavy atom. The van der Waals surface area contributed by atoms with Crippen LogP contribution in [0.1, 0.15) is 64.2 Å². The lowest BCUT2D eigenvalue weighted by Gasteiger charge is -2.29. The van der Waals surface area contributed by atoms with Crippen LogP contribution in [-0.2, 0) is 11.2 Å². The fourth-order valence-corrected chi connectivity index (χ4v) is 4.03. The predicted molar refractivity (Wildman–Crippen MR) is 104 cm³/mol. The van der Waals surface area contributed by atoms with Gasteiger partial charge in [-0.05, 0) is 55.0 Å². The van der Waals surface area contributed by atoms with Crippen molar-refractivity contribution in [1.82, 2.24) is 0 Å². The van der Waals surface area contributed by atoms with E-state index in [0.29, 0.717) is 5.92 Å². The number of benzene rings is 1. The predicted octanol–water partition coefficient (Wildman–Crippen LogP) is 5.35. The van der Waals surface area contributed by atoms with Crippen LogP contribution in [0.4, 0.5) is 0 Å². The van der Waals surface area contributed by atoms with Gasteiger partial charge < -0.3 is 9.47 Å². The number of carbonyl (C=O) groups is 1. The highest BCUT2D eigenvalue weighted by Crippen LogP contribution is 2.51. The van der Waals surface area contributed by atoms with Gasteiger partial charge in [0.05, 0.1) is 5.41 Å². The molecule has 0 aromatic heterocycles. The van der Waals surface area contributed by atoms with Gasteiger partial charge in [0.2, 0.25) is 5.79 Å². The molecule has 0 radical (unpaired) electrons. The summed E-state index contributed by atoms with van der Waals surface area (Å²) < 4.78 is 12.4. The fraction of sp³-hybridized carbons (Fsp3) is 0.435. The minimum atomic E-state index is -0.667. The smallest absolute Gasteiger partial charge is 0.246 e. The van der Waals surface area contributed by atoms with Crippen molar-refractivity contribution in [3.05, 3.63) is 52.1 Å². The van der Waals surface area contributed by atoms with Crippen molar-refractivity contribution in [1.29, 1.82) is 0 Å². The highest BCUT2D eigenvalue weighted by atomic mass is 16.7. The Hall–Kier alpha value is -2.29. The lowest BCUT2D eigenvalue weighted by molar-refractivity contribution is -0.120. The first-order valence-corrected chi connectivity index (χ1v) is 9.33. The van der Waals surface area contributed by atoms with Gasteiger partial charge >= 0.3 is 0 Å². The van der Waals surface area contributed by atoms with Crippen LogP contribution in [0.15, 0.2) is 35.4 Å². The molecule has 3 nitrogen and oxygen atoms in total. The molecule has 0 N–H and O–H groups in total. The number of carbonyl (C=O) groups excluding carboxylic acids is 1. The van der Waals surface area contributed by atoms with Gasteiger partial charge in [-0.25, -0.2) is 0 Å². The Bertz CT molecular complexity index is 908. The van der Waals surface area contributed by atoms with Crippen molar-refractivity contribution < 1.29 is 14.3 Å². The summed E-state index contributed by atoms with van der Waals surface area (Å²) >= 11 is 0. The third kappa shape index (κ3) is 2.45. The van der Waals surface area contributed by atoms with Gasteiger partial charge in [0.1, 0.15) is 0 Å². The molecule has 0 fully saturated rings. The number of ether oxygens (including phenoxy) is 2. The van der Waals surface area contributed by atoms with Crippen LogP contribution in [0, 0.1) is 5.41 Å². The molecule has 3 heteroatoms. The monoisotopic (exact) mass is 350 g/mol. The SMILES string of the molecule is CC(C)c1cc2c(c3c1OC(C)(C)O3)C=C1C=CC(=O)C(C)(C)C1=CC2. The van der Waals surface area contributed by atoms with Gasteiger partial charge in [0.15, 0.2) is 17.3 Å². The number of allylic oxidation sites excluding steroid dienone is 5. The maximum Gasteiger partial charge on any atom is 0.246 e. The second kappa shape index (κ2) is 5.35. The lowest BCUT2D eigenvalue weighted by atomic mass is 9.73. The Labute approximate surface area is 155 Å². The van der Waals surface area contributed by atoms with Crippen molar-refractivity contribution in [3.8, 4) is 11.5 Å². The van der Waals surface area contributed by atoms with Gasteiger partial charge in [-0.1, -0.05) is 32.1 Å². The molecule has 26 heavy (non-hydrogen) atoms. The molecule has 136 valence electrons. The van der Waals surface area contributed by atoms with E-state index in [1.807, 2.05) is 33.8 Å². The van der Waals surface area contributed by atoms with E-state index in [4.69, 9.17) is 9.47 Å². The number of hydrogen-bond donors (Lipinski definition) is 0. The second-order valence-corrected chi connectivity index (χ2v) is 8.70. The molecular formula is C23H26O3. The van der Waals surface area contributed by atoms with E-state index >= 15 is 0 Å². The zero-order valence-electron chi connectivity index (χ0n) is 16.4. The molecule has 0 spiro atoms. The molecule has 0 saturated heterocycles. The van der Waals surface area contributed by atoms with Gasteiger partial charge in [0, 0.05) is 25.0 Å². The van der Waals surface area contributed by atoms with Crippen LogP contribution >= 0.6 is 0 Å². The number of rotatable bonds is 1. The van der Waals surface area contributed by atoms with Gasteiger partial charge in [-0.15, -0.1) is 0 Å². The van der Waals surface area contributed by atoms with Crippen molar-refractivity contribution in [2.45, 2.75) is 59.7 Å². The van der Waals surface area contributed by atoms with E-state index in [-0.39, 0.29) is 5.78 Å². The molecule has 0 unspecified atom stereocenters. The van der Waals surface area contributed by atoms with Crippen molar-refractivity contribution >= 4 is 11.9 Å². The van der Waals surface area contributed by atoms with Crippen LogP contribution < -0.4 is 9.47 Å². The van der Waals surface area contributed by atoms with E-state index in [1.54, 1.807) is 6.08 Å². The molecule has 1 aliphatic heterocycles. The quantitative estimate of drug-likeness (QED) is 0.685. The zero-order chi connectivity index (χ0) is 18.9. The van der Waals surface area contributed by atoms with Crippen LogP contribution in [0.3, 0.4) is 0 Å². The molecule has 1 aromatic rings. The van der Waals surface area contributed by atoms with Crippen molar-refractivity contribution in [2.75, 3.05) is 0 Å². The summed E-state index contributed by atoms with van der Waals surface area (Å²) in [6, 6.07) is 2.24. The van der Waals surface area contributed by atoms with E-state index in [1.165, 1.54) is 11.1 Å². The van der Waals surface area contributed by atoms with Crippen LogP contribution in [-0.4, -0.2) is 11.6 Å². The van der Waals surface area contributed by atoms with Crippen LogP contribution in [0.5, 0.6) is 11.5 Å². The molecule has 1 heterocycles. The Morgan fingerprint density at radius 2 is 1.73 bits per heavy atom. The Kier molecular flexibility index (Phi) is 3.53. The minimum Gasteiger partial charge on any atom is -0.449 e. The first kappa shape index (κ1) is 17.1. The molecule has 1 aromatic carbocycles. The molecule has 3 aliphatic rings. The fourth-order valence-electron chi connectivity index (χ4n) is 4.03. The molecule has 2 aliphatic carbocycles. The molecule has 0 saturated carbocycles. The molecule has 4 rings (SSSR count). The Morgan fingerprint density at radius 3 is 2.42 bits per heavy atom. The van der Waals surface area contributed by atoms with Gasteiger partial charge in [-0.2, -0.15) is 0 Å². The summed E-state index contributed by atoms with van der Waals surface area (Å²) in [6.45, 7) is 12.2. The number of fused-ring (bicyclic) bond motifs is 4. The number of hydrogen-bond acceptors (Lipinski definition) is 3. The molecule has 0 amide bonds. The van der Waals surface area contributed by atoms with E-state index < -0.39 is 11.2 Å². The summed E-state index contributed by atoms with van der Waals surface area (Å²) in [5.74, 6) is 1.52. The van der Waals surface area contributed by atoms with Crippen molar-refractivity contribution in [2.24, 2.45) is 5.41 Å².